The molecule has 0 aromatic carbocycles. The minimum absolute atomic E-state index is 0.145. The minimum Gasteiger partial charge on any atom is -0.394 e. The number of carbonyl (C=O) groups is 1. The third-order valence-corrected chi connectivity index (χ3v) is 13.1. The first-order valence-corrected chi connectivity index (χ1v) is 27.6. The number of allylic oxidation sites excluding steroid dienone is 4. The Kier molecular flexibility index (Phi) is 50.5. The second kappa shape index (κ2) is 51.5. The third-order valence-electron chi connectivity index (χ3n) is 13.1. The van der Waals surface area contributed by atoms with Gasteiger partial charge in [-0.25, -0.2) is 0 Å². The molecule has 5 nitrogen and oxygen atoms in total. The molecule has 1 amide bonds. The monoisotopic (exact) mass is 860 g/mol. The maximum atomic E-state index is 12.5. The van der Waals surface area contributed by atoms with Gasteiger partial charge in [-0.3, -0.25) is 4.79 Å². The molecule has 362 valence electrons. The first kappa shape index (κ1) is 59.8. The summed E-state index contributed by atoms with van der Waals surface area (Å²) in [6, 6.07) is -0.811. The van der Waals surface area contributed by atoms with Gasteiger partial charge in [0.2, 0.25) is 5.91 Å². The molecule has 0 radical (unpaired) electrons. The molecule has 0 aliphatic carbocycles. The number of nitrogens with one attached hydrogen (secondary N) is 1. The second-order valence-electron chi connectivity index (χ2n) is 19.1. The lowest BCUT2D eigenvalue weighted by atomic mass is 9.99. The fourth-order valence-electron chi connectivity index (χ4n) is 8.78. The average molecular weight is 860 g/mol. The summed E-state index contributed by atoms with van der Waals surface area (Å²) in [6.45, 7) is 4.21. The molecule has 0 saturated carbocycles. The van der Waals surface area contributed by atoms with Crippen LogP contribution < -0.4 is 5.32 Å². The van der Waals surface area contributed by atoms with Crippen molar-refractivity contribution in [1.82, 2.24) is 5.32 Å². The number of rotatable bonds is 51. The Labute approximate surface area is 382 Å². The SMILES string of the molecule is CCCCCCCCCCC/C=C\C/C=C\CCCCCCCCCCCC(=O)NC(CO)C(O)C(O)CCCCCCCCCCCCCCCCCCCCCCCC. The first-order valence-electron chi connectivity index (χ1n) is 27.6. The number of amides is 1. The maximum Gasteiger partial charge on any atom is 0.220 e. The number of unbranched alkanes of at least 4 members (excludes halogenated alkanes) is 39. The van der Waals surface area contributed by atoms with Crippen LogP contribution in [0.25, 0.3) is 0 Å². The quantitative estimate of drug-likeness (QED) is 0.0362. The Hall–Kier alpha value is -1.17. The number of hydrogen-bond donors (Lipinski definition) is 4. The number of hydrogen-bond acceptors (Lipinski definition) is 4. The lowest BCUT2D eigenvalue weighted by molar-refractivity contribution is -0.124. The fraction of sp³-hybridized carbons (Fsp3) is 0.911. The first-order chi connectivity index (χ1) is 30.1. The van der Waals surface area contributed by atoms with E-state index in [0.29, 0.717) is 12.8 Å². The van der Waals surface area contributed by atoms with Gasteiger partial charge in [-0.15, -0.1) is 0 Å². The summed E-state index contributed by atoms with van der Waals surface area (Å²) < 4.78 is 0. The topological polar surface area (TPSA) is 89.8 Å². The maximum absolute atomic E-state index is 12.5. The van der Waals surface area contributed by atoms with E-state index in [2.05, 4.69) is 43.5 Å². The molecular weight excluding hydrogens is 751 g/mol. The van der Waals surface area contributed by atoms with Crippen molar-refractivity contribution in [3.05, 3.63) is 24.3 Å². The highest BCUT2D eigenvalue weighted by atomic mass is 16.3. The predicted octanol–water partition coefficient (Wildman–Crippen LogP) is 16.9. The number of carbonyl (C=O) groups excluding carboxylic acids is 1. The summed E-state index contributed by atoms with van der Waals surface area (Å²) in [5.74, 6) is -0.145. The van der Waals surface area contributed by atoms with Crippen LogP contribution in [0.4, 0.5) is 0 Å². The fourth-order valence-corrected chi connectivity index (χ4v) is 8.78. The molecule has 3 atom stereocenters. The summed E-state index contributed by atoms with van der Waals surface area (Å²) in [7, 11) is 0. The van der Waals surface area contributed by atoms with E-state index in [1.807, 2.05) is 0 Å². The van der Waals surface area contributed by atoms with Crippen molar-refractivity contribution in [2.45, 2.75) is 321 Å². The van der Waals surface area contributed by atoms with Crippen molar-refractivity contribution in [1.29, 1.82) is 0 Å². The molecule has 0 saturated heterocycles. The molecule has 4 N–H and O–H groups in total. The van der Waals surface area contributed by atoms with Gasteiger partial charge in [-0.05, 0) is 44.9 Å². The van der Waals surface area contributed by atoms with Crippen LogP contribution in [0.15, 0.2) is 24.3 Å². The van der Waals surface area contributed by atoms with Crippen molar-refractivity contribution in [3.8, 4) is 0 Å². The molecule has 0 aliphatic heterocycles. The van der Waals surface area contributed by atoms with Crippen LogP contribution in [0.1, 0.15) is 303 Å². The van der Waals surface area contributed by atoms with E-state index in [4.69, 9.17) is 0 Å². The van der Waals surface area contributed by atoms with E-state index in [1.54, 1.807) is 0 Å². The van der Waals surface area contributed by atoms with Gasteiger partial charge >= 0.3 is 0 Å². The third kappa shape index (κ3) is 46.6. The second-order valence-corrected chi connectivity index (χ2v) is 19.1. The average Bonchev–Trinajstić information content (AvgIpc) is 3.26. The molecule has 0 fully saturated rings. The summed E-state index contributed by atoms with van der Waals surface area (Å²) in [4.78, 5) is 12.5. The van der Waals surface area contributed by atoms with Crippen LogP contribution in [0, 0.1) is 0 Å². The Bertz CT molecular complexity index is 905. The van der Waals surface area contributed by atoms with Crippen molar-refractivity contribution in [3.63, 3.8) is 0 Å². The molecule has 61 heavy (non-hydrogen) atoms. The van der Waals surface area contributed by atoms with Crippen molar-refractivity contribution < 1.29 is 20.1 Å². The van der Waals surface area contributed by atoms with Crippen LogP contribution in [-0.2, 0) is 4.79 Å². The highest BCUT2D eigenvalue weighted by Gasteiger charge is 2.26. The van der Waals surface area contributed by atoms with Crippen molar-refractivity contribution in [2.75, 3.05) is 6.61 Å². The molecule has 5 heteroatoms. The zero-order valence-electron chi connectivity index (χ0n) is 41.3. The Morgan fingerprint density at radius 2 is 0.705 bits per heavy atom. The largest absolute Gasteiger partial charge is 0.394 e. The van der Waals surface area contributed by atoms with E-state index in [0.717, 1.165) is 44.9 Å². The van der Waals surface area contributed by atoms with Crippen LogP contribution in [0.3, 0.4) is 0 Å². The van der Waals surface area contributed by atoms with Crippen LogP contribution in [0.5, 0.6) is 0 Å². The van der Waals surface area contributed by atoms with Gasteiger partial charge in [0.05, 0.1) is 18.8 Å². The van der Waals surface area contributed by atoms with Crippen molar-refractivity contribution in [2.24, 2.45) is 0 Å². The summed E-state index contributed by atoms with van der Waals surface area (Å²) >= 11 is 0. The normalized spacial score (nSPS) is 13.5. The number of aliphatic hydroxyl groups is 3. The molecule has 0 spiro atoms. The summed E-state index contributed by atoms with van der Waals surface area (Å²) in [5, 5.41) is 33.8. The summed E-state index contributed by atoms with van der Waals surface area (Å²) in [6.07, 6.45) is 64.6. The van der Waals surface area contributed by atoms with Gasteiger partial charge in [0.25, 0.3) is 0 Å². The Morgan fingerprint density at radius 1 is 0.410 bits per heavy atom. The zero-order chi connectivity index (χ0) is 44.4. The lowest BCUT2D eigenvalue weighted by Gasteiger charge is -2.26. The minimum atomic E-state index is -1.14. The van der Waals surface area contributed by atoms with Gasteiger partial charge in [-0.1, -0.05) is 276 Å². The van der Waals surface area contributed by atoms with Gasteiger partial charge in [-0.2, -0.15) is 0 Å². The standard InChI is InChI=1S/C56H109NO4/c1-3-5-7-9-11-13-15-17-19-21-23-25-27-28-29-31-33-35-37-39-41-43-45-47-49-51-55(60)57-53(52-58)56(61)54(59)50-48-46-44-42-40-38-36-34-32-30-26-24-22-20-18-16-14-12-10-8-6-4-2/h23,25,28-29,53-54,56,58-59,61H,3-22,24,26-27,30-52H2,1-2H3,(H,57,60)/b25-23-,29-28-. The van der Waals surface area contributed by atoms with Crippen LogP contribution in [-0.4, -0.2) is 46.1 Å². The van der Waals surface area contributed by atoms with Crippen LogP contribution >= 0.6 is 0 Å². The predicted molar refractivity (Wildman–Crippen MR) is 268 cm³/mol. The van der Waals surface area contributed by atoms with E-state index < -0.39 is 18.2 Å². The molecule has 0 rings (SSSR count). The molecule has 0 aromatic rings. The van der Waals surface area contributed by atoms with Gasteiger partial charge < -0.3 is 20.6 Å². The Morgan fingerprint density at radius 3 is 1.03 bits per heavy atom. The van der Waals surface area contributed by atoms with E-state index >= 15 is 0 Å². The molecule has 0 aliphatic rings. The highest BCUT2D eigenvalue weighted by Crippen LogP contribution is 2.18. The smallest absolute Gasteiger partial charge is 0.220 e. The van der Waals surface area contributed by atoms with Crippen molar-refractivity contribution >= 4 is 5.91 Å². The van der Waals surface area contributed by atoms with E-state index in [-0.39, 0.29) is 12.5 Å². The molecule has 0 heterocycles. The summed E-state index contributed by atoms with van der Waals surface area (Å²) in [5.41, 5.74) is 0. The van der Waals surface area contributed by atoms with Gasteiger partial charge in [0.1, 0.15) is 6.10 Å². The Balaban J connectivity index is 3.56. The molecule has 0 bridgehead atoms. The van der Waals surface area contributed by atoms with Gasteiger partial charge in [0, 0.05) is 6.42 Å². The van der Waals surface area contributed by atoms with Gasteiger partial charge in [0.15, 0.2) is 0 Å². The molecular formula is C56H109NO4. The lowest BCUT2D eigenvalue weighted by Crippen LogP contribution is -2.50. The van der Waals surface area contributed by atoms with E-state index in [9.17, 15) is 20.1 Å². The number of aliphatic hydroxyl groups excluding tert-OH is 3. The molecule has 3 unspecified atom stereocenters. The zero-order valence-corrected chi connectivity index (χ0v) is 41.3. The van der Waals surface area contributed by atoms with Crippen LogP contribution in [0.2, 0.25) is 0 Å². The highest BCUT2D eigenvalue weighted by molar-refractivity contribution is 5.76. The molecule has 0 aromatic heterocycles. The van der Waals surface area contributed by atoms with E-state index in [1.165, 1.54) is 231 Å².